The van der Waals surface area contributed by atoms with Gasteiger partial charge in [0.25, 0.3) is 0 Å². The molecule has 0 unspecified atom stereocenters. The Kier molecular flexibility index (Phi) is 7.39. The van der Waals surface area contributed by atoms with Gasteiger partial charge in [-0.15, -0.1) is 0 Å². The maximum absolute atomic E-state index is 10.6. The highest BCUT2D eigenvalue weighted by Gasteiger charge is 2.03. The number of rotatable bonds is 9. The van der Waals surface area contributed by atoms with E-state index in [9.17, 15) is 4.79 Å². The summed E-state index contributed by atoms with van der Waals surface area (Å²) in [5.41, 5.74) is 1.66. The van der Waals surface area contributed by atoms with Crippen molar-refractivity contribution in [2.75, 3.05) is 26.9 Å². The molecule has 20 heavy (non-hydrogen) atoms. The molecule has 0 atom stereocenters. The van der Waals surface area contributed by atoms with Crippen LogP contribution in [-0.2, 0) is 20.9 Å². The molecule has 0 amide bonds. The second kappa shape index (κ2) is 9.12. The smallest absolute Gasteiger partial charge is 0.328 e. The molecule has 0 aliphatic rings. The number of hydrogen-bond donors (Lipinski definition) is 1. The van der Waals surface area contributed by atoms with Gasteiger partial charge in [-0.3, -0.25) is 0 Å². The fourth-order valence-electron chi connectivity index (χ4n) is 1.62. The molecule has 5 heteroatoms. The highest BCUT2D eigenvalue weighted by Crippen LogP contribution is 2.21. The van der Waals surface area contributed by atoms with Gasteiger partial charge < -0.3 is 19.3 Å². The van der Waals surface area contributed by atoms with Gasteiger partial charge in [-0.2, -0.15) is 0 Å². The maximum Gasteiger partial charge on any atom is 0.328 e. The summed E-state index contributed by atoms with van der Waals surface area (Å²) in [4.78, 5) is 10.6. The molecule has 0 aromatic heterocycles. The van der Waals surface area contributed by atoms with E-state index in [0.717, 1.165) is 11.6 Å². The van der Waals surface area contributed by atoms with Crippen molar-refractivity contribution in [3.05, 3.63) is 35.4 Å². The minimum atomic E-state index is -0.995. The fraction of sp³-hybridized carbons (Fsp3) is 0.400. The van der Waals surface area contributed by atoms with Crippen molar-refractivity contribution < 1.29 is 24.1 Å². The summed E-state index contributed by atoms with van der Waals surface area (Å²) in [5, 5.41) is 8.67. The average Bonchev–Trinajstić information content (AvgIpc) is 2.45. The molecular weight excluding hydrogens is 260 g/mol. The largest absolute Gasteiger partial charge is 0.496 e. The SMILES string of the molecule is CCOCCOCc1ccc(OC)c(C=CC(=O)O)c1. The molecule has 0 aliphatic carbocycles. The fourth-order valence-corrected chi connectivity index (χ4v) is 1.62. The first-order chi connectivity index (χ1) is 9.67. The number of hydrogen-bond acceptors (Lipinski definition) is 4. The number of benzene rings is 1. The van der Waals surface area contributed by atoms with Crippen molar-refractivity contribution in [3.63, 3.8) is 0 Å². The Balaban J connectivity index is 2.64. The molecule has 0 fully saturated rings. The first-order valence-electron chi connectivity index (χ1n) is 6.40. The zero-order valence-corrected chi connectivity index (χ0v) is 11.8. The quantitative estimate of drug-likeness (QED) is 0.555. The molecule has 1 N–H and O–H groups in total. The molecule has 0 saturated carbocycles. The van der Waals surface area contributed by atoms with Crippen LogP contribution in [-0.4, -0.2) is 38.0 Å². The van der Waals surface area contributed by atoms with Crippen molar-refractivity contribution in [1.82, 2.24) is 0 Å². The Bertz CT molecular complexity index is 454. The molecule has 0 aliphatic heterocycles. The topological polar surface area (TPSA) is 65.0 Å². The van der Waals surface area contributed by atoms with Crippen molar-refractivity contribution in [3.8, 4) is 5.75 Å². The first-order valence-corrected chi connectivity index (χ1v) is 6.40. The molecule has 110 valence electrons. The van der Waals surface area contributed by atoms with Crippen LogP contribution in [0.1, 0.15) is 18.1 Å². The van der Waals surface area contributed by atoms with E-state index >= 15 is 0 Å². The van der Waals surface area contributed by atoms with E-state index in [1.54, 1.807) is 13.2 Å². The Morgan fingerprint density at radius 2 is 2.05 bits per heavy atom. The van der Waals surface area contributed by atoms with Gasteiger partial charge in [-0.1, -0.05) is 6.07 Å². The molecular formula is C15H20O5. The van der Waals surface area contributed by atoms with E-state index in [1.165, 1.54) is 6.08 Å². The minimum absolute atomic E-state index is 0.449. The van der Waals surface area contributed by atoms with Gasteiger partial charge >= 0.3 is 5.97 Å². The molecule has 0 radical (unpaired) electrons. The normalized spacial score (nSPS) is 10.9. The first kappa shape index (κ1) is 16.2. The second-order valence-corrected chi connectivity index (χ2v) is 4.00. The van der Waals surface area contributed by atoms with Gasteiger partial charge in [-0.05, 0) is 30.7 Å². The van der Waals surface area contributed by atoms with Gasteiger partial charge in [-0.25, -0.2) is 4.79 Å². The lowest BCUT2D eigenvalue weighted by atomic mass is 10.1. The van der Waals surface area contributed by atoms with Gasteiger partial charge in [0, 0.05) is 18.2 Å². The van der Waals surface area contributed by atoms with Crippen LogP contribution in [0.3, 0.4) is 0 Å². The molecule has 0 heterocycles. The van der Waals surface area contributed by atoms with Crippen LogP contribution in [0.15, 0.2) is 24.3 Å². The lowest BCUT2D eigenvalue weighted by Gasteiger charge is -2.09. The lowest BCUT2D eigenvalue weighted by Crippen LogP contribution is -2.04. The van der Waals surface area contributed by atoms with Crippen LogP contribution in [0.25, 0.3) is 6.08 Å². The summed E-state index contributed by atoms with van der Waals surface area (Å²) in [6.07, 6.45) is 2.59. The van der Waals surface area contributed by atoms with E-state index < -0.39 is 5.97 Å². The summed E-state index contributed by atoms with van der Waals surface area (Å²) in [6.45, 7) is 4.16. The van der Waals surface area contributed by atoms with Crippen LogP contribution in [0.5, 0.6) is 5.75 Å². The van der Waals surface area contributed by atoms with Crippen molar-refractivity contribution in [2.24, 2.45) is 0 Å². The predicted octanol–water partition coefficient (Wildman–Crippen LogP) is 2.35. The summed E-state index contributed by atoms with van der Waals surface area (Å²) >= 11 is 0. The number of methoxy groups -OCH3 is 1. The number of carboxylic acid groups (broad SMARTS) is 1. The van der Waals surface area contributed by atoms with Gasteiger partial charge in [0.15, 0.2) is 0 Å². The van der Waals surface area contributed by atoms with Gasteiger partial charge in [0.1, 0.15) is 5.75 Å². The van der Waals surface area contributed by atoms with Crippen LogP contribution in [0, 0.1) is 0 Å². The minimum Gasteiger partial charge on any atom is -0.496 e. The molecule has 0 bridgehead atoms. The third-order valence-corrected chi connectivity index (χ3v) is 2.54. The number of aliphatic carboxylic acids is 1. The predicted molar refractivity (Wildman–Crippen MR) is 75.8 cm³/mol. The second-order valence-electron chi connectivity index (χ2n) is 4.00. The number of carboxylic acids is 1. The highest BCUT2D eigenvalue weighted by atomic mass is 16.5. The summed E-state index contributed by atoms with van der Waals surface area (Å²) in [5.74, 6) is -0.369. The van der Waals surface area contributed by atoms with E-state index in [-0.39, 0.29) is 0 Å². The number of ether oxygens (including phenoxy) is 3. The zero-order valence-electron chi connectivity index (χ0n) is 11.8. The van der Waals surface area contributed by atoms with Gasteiger partial charge in [0.2, 0.25) is 0 Å². The Morgan fingerprint density at radius 3 is 2.70 bits per heavy atom. The molecule has 1 aromatic rings. The van der Waals surface area contributed by atoms with E-state index in [2.05, 4.69) is 0 Å². The third-order valence-electron chi connectivity index (χ3n) is 2.54. The molecule has 1 aromatic carbocycles. The lowest BCUT2D eigenvalue weighted by molar-refractivity contribution is -0.131. The molecule has 0 saturated heterocycles. The molecule has 0 spiro atoms. The van der Waals surface area contributed by atoms with Crippen molar-refractivity contribution >= 4 is 12.0 Å². The average molecular weight is 280 g/mol. The van der Waals surface area contributed by atoms with Crippen LogP contribution in [0.2, 0.25) is 0 Å². The highest BCUT2D eigenvalue weighted by molar-refractivity contribution is 5.85. The number of carbonyl (C=O) groups is 1. The van der Waals surface area contributed by atoms with E-state index in [0.29, 0.717) is 37.7 Å². The Labute approximate surface area is 118 Å². The monoisotopic (exact) mass is 280 g/mol. The van der Waals surface area contributed by atoms with Crippen LogP contribution < -0.4 is 4.74 Å². The van der Waals surface area contributed by atoms with E-state index in [4.69, 9.17) is 19.3 Å². The Hall–Kier alpha value is -1.85. The van der Waals surface area contributed by atoms with Crippen LogP contribution in [0.4, 0.5) is 0 Å². The van der Waals surface area contributed by atoms with Crippen molar-refractivity contribution in [2.45, 2.75) is 13.5 Å². The molecule has 1 rings (SSSR count). The molecule has 5 nitrogen and oxygen atoms in total. The van der Waals surface area contributed by atoms with E-state index in [1.807, 2.05) is 19.1 Å². The standard InChI is InChI=1S/C15H20O5/c1-3-19-8-9-20-11-12-4-6-14(18-2)13(10-12)5-7-15(16)17/h4-7,10H,3,8-9,11H2,1-2H3,(H,16,17). The Morgan fingerprint density at radius 1 is 1.30 bits per heavy atom. The maximum atomic E-state index is 10.6. The zero-order chi connectivity index (χ0) is 14.8. The summed E-state index contributed by atoms with van der Waals surface area (Å²) < 4.78 is 15.8. The summed E-state index contributed by atoms with van der Waals surface area (Å²) in [6, 6.07) is 5.53. The third kappa shape index (κ3) is 5.86. The van der Waals surface area contributed by atoms with Crippen LogP contribution >= 0.6 is 0 Å². The van der Waals surface area contributed by atoms with Crippen molar-refractivity contribution in [1.29, 1.82) is 0 Å². The van der Waals surface area contributed by atoms with Gasteiger partial charge in [0.05, 0.1) is 26.9 Å². The summed E-state index contributed by atoms with van der Waals surface area (Å²) in [7, 11) is 1.55.